The van der Waals surface area contributed by atoms with Crippen LogP contribution in [0.15, 0.2) is 17.2 Å². The molecule has 1 saturated carbocycles. The molecule has 0 amide bonds. The zero-order valence-electron chi connectivity index (χ0n) is 9.27. The lowest BCUT2D eigenvalue weighted by Gasteiger charge is -2.10. The predicted molar refractivity (Wildman–Crippen MR) is 64.0 cm³/mol. The van der Waals surface area contributed by atoms with Gasteiger partial charge in [0, 0.05) is 10.9 Å². The van der Waals surface area contributed by atoms with Gasteiger partial charge in [0.05, 0.1) is 5.56 Å². The number of carboxylic acid groups (broad SMARTS) is 1. The van der Waals surface area contributed by atoms with Gasteiger partial charge >= 0.3 is 5.97 Å². The average molecular weight is 237 g/mol. The van der Waals surface area contributed by atoms with Crippen molar-refractivity contribution >= 4 is 17.7 Å². The van der Waals surface area contributed by atoms with Gasteiger partial charge in [-0.2, -0.15) is 0 Å². The van der Waals surface area contributed by atoms with Gasteiger partial charge in [0.2, 0.25) is 0 Å². The maximum Gasteiger partial charge on any atom is 0.338 e. The number of aromatic carboxylic acids is 1. The van der Waals surface area contributed by atoms with E-state index < -0.39 is 5.97 Å². The van der Waals surface area contributed by atoms with Crippen molar-refractivity contribution in [3.63, 3.8) is 0 Å². The van der Waals surface area contributed by atoms with Crippen LogP contribution in [-0.2, 0) is 0 Å². The van der Waals surface area contributed by atoms with Crippen LogP contribution in [-0.4, -0.2) is 21.3 Å². The first-order valence-electron chi connectivity index (χ1n) is 5.54. The fourth-order valence-corrected chi connectivity index (χ4v) is 3.31. The van der Waals surface area contributed by atoms with Crippen LogP contribution in [0.5, 0.6) is 0 Å². The first kappa shape index (κ1) is 11.5. The zero-order valence-corrected chi connectivity index (χ0v) is 10.1. The Morgan fingerprint density at radius 2 is 2.12 bits per heavy atom. The van der Waals surface area contributed by atoms with E-state index in [0.717, 1.165) is 5.69 Å². The van der Waals surface area contributed by atoms with Crippen LogP contribution in [0.25, 0.3) is 0 Å². The number of nitrogens with zero attached hydrogens (tertiary/aromatic N) is 1. The van der Waals surface area contributed by atoms with E-state index in [1.807, 2.05) is 6.92 Å². The molecule has 86 valence electrons. The topological polar surface area (TPSA) is 50.2 Å². The molecule has 1 fully saturated rings. The molecule has 0 aliphatic heterocycles. The number of pyridine rings is 1. The molecule has 1 aromatic rings. The van der Waals surface area contributed by atoms with Gasteiger partial charge in [-0.3, -0.25) is 0 Å². The number of carbonyl (C=O) groups is 1. The van der Waals surface area contributed by atoms with Crippen LogP contribution in [0.4, 0.5) is 0 Å². The Kier molecular flexibility index (Phi) is 3.49. The smallest absolute Gasteiger partial charge is 0.338 e. The molecule has 0 saturated heterocycles. The van der Waals surface area contributed by atoms with Crippen molar-refractivity contribution in [2.45, 2.75) is 42.9 Å². The molecule has 1 aliphatic rings. The molecule has 0 atom stereocenters. The Labute approximate surface area is 99.3 Å². The molecular formula is C12H15NO2S. The van der Waals surface area contributed by atoms with Crippen molar-refractivity contribution in [3.05, 3.63) is 23.4 Å². The van der Waals surface area contributed by atoms with Gasteiger partial charge in [-0.1, -0.05) is 12.8 Å². The lowest BCUT2D eigenvalue weighted by Crippen LogP contribution is -2.04. The first-order valence-corrected chi connectivity index (χ1v) is 6.42. The lowest BCUT2D eigenvalue weighted by atomic mass is 10.2. The molecular weight excluding hydrogens is 222 g/mol. The second-order valence-electron chi connectivity index (χ2n) is 4.13. The van der Waals surface area contributed by atoms with Gasteiger partial charge < -0.3 is 5.11 Å². The second-order valence-corrected chi connectivity index (χ2v) is 5.42. The molecule has 0 spiro atoms. The molecule has 1 heterocycles. The van der Waals surface area contributed by atoms with E-state index in [1.165, 1.54) is 25.7 Å². The highest BCUT2D eigenvalue weighted by molar-refractivity contribution is 7.99. The van der Waals surface area contributed by atoms with Crippen LogP contribution in [0.3, 0.4) is 0 Å². The number of aromatic nitrogens is 1. The van der Waals surface area contributed by atoms with E-state index >= 15 is 0 Å². The van der Waals surface area contributed by atoms with E-state index in [9.17, 15) is 4.79 Å². The number of aryl methyl sites for hydroxylation is 1. The normalized spacial score (nSPS) is 16.6. The minimum absolute atomic E-state index is 0.336. The van der Waals surface area contributed by atoms with Crippen molar-refractivity contribution in [2.24, 2.45) is 0 Å². The van der Waals surface area contributed by atoms with Gasteiger partial charge in [0.1, 0.15) is 5.03 Å². The molecule has 0 bridgehead atoms. The fourth-order valence-electron chi connectivity index (χ4n) is 1.95. The van der Waals surface area contributed by atoms with Crippen molar-refractivity contribution in [2.75, 3.05) is 0 Å². The minimum Gasteiger partial charge on any atom is -0.478 e. The number of rotatable bonds is 3. The van der Waals surface area contributed by atoms with Crippen molar-refractivity contribution in [3.8, 4) is 0 Å². The second kappa shape index (κ2) is 4.87. The summed E-state index contributed by atoms with van der Waals surface area (Å²) >= 11 is 1.63. The third kappa shape index (κ3) is 2.55. The maximum absolute atomic E-state index is 11.1. The highest BCUT2D eigenvalue weighted by Gasteiger charge is 2.20. The average Bonchev–Trinajstić information content (AvgIpc) is 2.70. The number of carboxylic acids is 1. The molecule has 1 aromatic heterocycles. The molecule has 2 rings (SSSR count). The Morgan fingerprint density at radius 1 is 1.44 bits per heavy atom. The summed E-state index contributed by atoms with van der Waals surface area (Å²) in [5.41, 5.74) is 1.22. The Bertz CT molecular complexity index is 400. The van der Waals surface area contributed by atoms with Gasteiger partial charge in [0.15, 0.2) is 0 Å². The van der Waals surface area contributed by atoms with E-state index in [0.29, 0.717) is 15.8 Å². The molecule has 3 nitrogen and oxygen atoms in total. The lowest BCUT2D eigenvalue weighted by molar-refractivity contribution is 0.0692. The summed E-state index contributed by atoms with van der Waals surface area (Å²) in [6.45, 7) is 1.89. The van der Waals surface area contributed by atoms with E-state index in [-0.39, 0.29) is 0 Å². The Balaban J connectivity index is 2.22. The van der Waals surface area contributed by atoms with Gasteiger partial charge in [0.25, 0.3) is 0 Å². The highest BCUT2D eigenvalue weighted by atomic mass is 32.2. The van der Waals surface area contributed by atoms with E-state index in [4.69, 9.17) is 5.11 Å². The maximum atomic E-state index is 11.1. The molecule has 0 radical (unpaired) electrons. The summed E-state index contributed by atoms with van der Waals surface area (Å²) in [5.74, 6) is -0.881. The van der Waals surface area contributed by atoms with E-state index in [2.05, 4.69) is 4.98 Å². The number of hydrogen-bond donors (Lipinski definition) is 1. The minimum atomic E-state index is -0.881. The number of hydrogen-bond acceptors (Lipinski definition) is 3. The summed E-state index contributed by atoms with van der Waals surface area (Å²) in [7, 11) is 0. The molecule has 16 heavy (non-hydrogen) atoms. The van der Waals surface area contributed by atoms with Gasteiger partial charge in [-0.05, 0) is 31.9 Å². The summed E-state index contributed by atoms with van der Waals surface area (Å²) in [6.07, 6.45) is 4.87. The summed E-state index contributed by atoms with van der Waals surface area (Å²) in [4.78, 5) is 15.4. The zero-order chi connectivity index (χ0) is 11.5. The Hall–Kier alpha value is -1.03. The quantitative estimate of drug-likeness (QED) is 0.877. The van der Waals surface area contributed by atoms with Crippen LogP contribution < -0.4 is 0 Å². The third-order valence-corrected chi connectivity index (χ3v) is 4.15. The van der Waals surface area contributed by atoms with Crippen LogP contribution in [0, 0.1) is 6.92 Å². The SMILES string of the molecule is Cc1ccc(C(=O)O)c(SC2CCCC2)n1. The van der Waals surface area contributed by atoms with Crippen molar-refractivity contribution in [1.29, 1.82) is 0 Å². The predicted octanol–water partition coefficient (Wildman–Crippen LogP) is 3.12. The van der Waals surface area contributed by atoms with E-state index in [1.54, 1.807) is 23.9 Å². The summed E-state index contributed by atoms with van der Waals surface area (Å²) < 4.78 is 0. The van der Waals surface area contributed by atoms with Crippen molar-refractivity contribution in [1.82, 2.24) is 4.98 Å². The molecule has 0 aromatic carbocycles. The molecule has 1 aliphatic carbocycles. The van der Waals surface area contributed by atoms with Crippen LogP contribution in [0.2, 0.25) is 0 Å². The standard InChI is InChI=1S/C12H15NO2S/c1-8-6-7-10(12(14)15)11(13-8)16-9-4-2-3-5-9/h6-7,9H,2-5H2,1H3,(H,14,15). The monoisotopic (exact) mass is 237 g/mol. The fraction of sp³-hybridized carbons (Fsp3) is 0.500. The third-order valence-electron chi connectivity index (χ3n) is 2.81. The Morgan fingerprint density at radius 3 is 2.75 bits per heavy atom. The highest BCUT2D eigenvalue weighted by Crippen LogP contribution is 2.35. The first-order chi connectivity index (χ1) is 7.66. The van der Waals surface area contributed by atoms with Crippen LogP contribution >= 0.6 is 11.8 Å². The number of thioether (sulfide) groups is 1. The van der Waals surface area contributed by atoms with Gasteiger partial charge in [-0.15, -0.1) is 11.8 Å². The summed E-state index contributed by atoms with van der Waals surface area (Å²) in [6, 6.07) is 3.41. The van der Waals surface area contributed by atoms with Gasteiger partial charge in [-0.25, -0.2) is 9.78 Å². The molecule has 0 unspecified atom stereocenters. The molecule has 4 heteroatoms. The molecule has 1 N–H and O–H groups in total. The largest absolute Gasteiger partial charge is 0.478 e. The van der Waals surface area contributed by atoms with Crippen LogP contribution in [0.1, 0.15) is 41.7 Å². The van der Waals surface area contributed by atoms with Crippen molar-refractivity contribution < 1.29 is 9.90 Å². The summed E-state index contributed by atoms with van der Waals surface area (Å²) in [5, 5.41) is 10.3.